The van der Waals surface area contributed by atoms with E-state index in [0.29, 0.717) is 5.75 Å². The Morgan fingerprint density at radius 2 is 2.05 bits per heavy atom. The molecule has 5 nitrogen and oxygen atoms in total. The molecule has 0 aliphatic carbocycles. The molecule has 0 saturated carbocycles. The summed E-state index contributed by atoms with van der Waals surface area (Å²) in [5.74, 6) is -0.0816. The Morgan fingerprint density at radius 1 is 1.32 bits per heavy atom. The highest BCUT2D eigenvalue weighted by Crippen LogP contribution is 2.27. The standard InChI is InChI=1S/C12H13Br2NO4/c1-18-12(17)4-5-15-11(16)7-19-10-3-2-8(13)6-9(10)14/h2-3,6H,4-5,7H2,1H3,(H,15,16). The lowest BCUT2D eigenvalue weighted by Crippen LogP contribution is -2.30. The molecule has 1 aromatic rings. The van der Waals surface area contributed by atoms with Gasteiger partial charge in [0.15, 0.2) is 6.61 Å². The molecule has 0 atom stereocenters. The number of methoxy groups -OCH3 is 1. The monoisotopic (exact) mass is 393 g/mol. The van der Waals surface area contributed by atoms with E-state index in [-0.39, 0.29) is 31.4 Å². The summed E-state index contributed by atoms with van der Waals surface area (Å²) < 4.78 is 11.5. The number of rotatable bonds is 6. The molecule has 0 radical (unpaired) electrons. The average molecular weight is 395 g/mol. The molecule has 0 fully saturated rings. The van der Waals surface area contributed by atoms with Gasteiger partial charge in [-0.05, 0) is 34.1 Å². The number of ether oxygens (including phenoxy) is 2. The van der Waals surface area contributed by atoms with E-state index < -0.39 is 0 Å². The van der Waals surface area contributed by atoms with Crippen LogP contribution in [0.1, 0.15) is 6.42 Å². The van der Waals surface area contributed by atoms with Gasteiger partial charge in [0, 0.05) is 11.0 Å². The minimum absolute atomic E-state index is 0.110. The highest BCUT2D eigenvalue weighted by Gasteiger charge is 2.07. The van der Waals surface area contributed by atoms with Crippen molar-refractivity contribution in [3.8, 4) is 5.75 Å². The first kappa shape index (κ1) is 16.0. The summed E-state index contributed by atoms with van der Waals surface area (Å²) in [5, 5.41) is 2.56. The first-order valence-electron chi connectivity index (χ1n) is 5.44. The number of benzene rings is 1. The van der Waals surface area contributed by atoms with Crippen LogP contribution < -0.4 is 10.1 Å². The summed E-state index contributed by atoms with van der Waals surface area (Å²) in [4.78, 5) is 22.3. The van der Waals surface area contributed by atoms with Crippen molar-refractivity contribution < 1.29 is 19.1 Å². The van der Waals surface area contributed by atoms with Gasteiger partial charge in [0.05, 0.1) is 18.0 Å². The number of hydrogen-bond donors (Lipinski definition) is 1. The normalized spacial score (nSPS) is 9.84. The first-order chi connectivity index (χ1) is 9.02. The Kier molecular flexibility index (Phi) is 6.86. The van der Waals surface area contributed by atoms with Crippen LogP contribution in [0.25, 0.3) is 0 Å². The first-order valence-corrected chi connectivity index (χ1v) is 7.03. The van der Waals surface area contributed by atoms with Crippen LogP contribution in [0.2, 0.25) is 0 Å². The van der Waals surface area contributed by atoms with Crippen LogP contribution in [0.4, 0.5) is 0 Å². The molecule has 0 spiro atoms. The number of carbonyl (C=O) groups excluding carboxylic acids is 2. The van der Waals surface area contributed by atoms with Gasteiger partial charge >= 0.3 is 5.97 Å². The molecular formula is C12H13Br2NO4. The highest BCUT2D eigenvalue weighted by molar-refractivity contribution is 9.11. The predicted octanol–water partition coefficient (Wildman–Crippen LogP) is 2.27. The zero-order chi connectivity index (χ0) is 14.3. The second kappa shape index (κ2) is 8.16. The third-order valence-corrected chi connectivity index (χ3v) is 3.24. The molecule has 1 amide bonds. The van der Waals surface area contributed by atoms with Crippen molar-refractivity contribution in [1.82, 2.24) is 5.32 Å². The molecule has 1 aromatic carbocycles. The van der Waals surface area contributed by atoms with Crippen LogP contribution in [-0.4, -0.2) is 32.1 Å². The van der Waals surface area contributed by atoms with E-state index in [0.717, 1.165) is 8.95 Å². The van der Waals surface area contributed by atoms with Gasteiger partial charge in [-0.15, -0.1) is 0 Å². The Balaban J connectivity index is 2.32. The van der Waals surface area contributed by atoms with Gasteiger partial charge in [-0.3, -0.25) is 9.59 Å². The highest BCUT2D eigenvalue weighted by atomic mass is 79.9. The molecule has 0 heterocycles. The fourth-order valence-electron chi connectivity index (χ4n) is 1.19. The van der Waals surface area contributed by atoms with Crippen molar-refractivity contribution in [3.63, 3.8) is 0 Å². The lowest BCUT2D eigenvalue weighted by Gasteiger charge is -2.08. The zero-order valence-corrected chi connectivity index (χ0v) is 13.4. The topological polar surface area (TPSA) is 64.6 Å². The van der Waals surface area contributed by atoms with Gasteiger partial charge in [0.25, 0.3) is 5.91 Å². The third kappa shape index (κ3) is 6.07. The van der Waals surface area contributed by atoms with E-state index in [2.05, 4.69) is 41.9 Å². The van der Waals surface area contributed by atoms with E-state index in [1.807, 2.05) is 12.1 Å². The molecule has 1 rings (SSSR count). The van der Waals surface area contributed by atoms with Crippen molar-refractivity contribution in [2.24, 2.45) is 0 Å². The van der Waals surface area contributed by atoms with Gasteiger partial charge in [-0.25, -0.2) is 0 Å². The van der Waals surface area contributed by atoms with Crippen LogP contribution in [0, 0.1) is 0 Å². The maximum Gasteiger partial charge on any atom is 0.307 e. The van der Waals surface area contributed by atoms with Crippen molar-refractivity contribution in [3.05, 3.63) is 27.1 Å². The lowest BCUT2D eigenvalue weighted by molar-refractivity contribution is -0.140. The minimum atomic E-state index is -0.364. The molecule has 0 bridgehead atoms. The number of amides is 1. The number of nitrogens with one attached hydrogen (secondary N) is 1. The van der Waals surface area contributed by atoms with Crippen molar-refractivity contribution in [1.29, 1.82) is 0 Å². The second-order valence-electron chi connectivity index (χ2n) is 3.54. The van der Waals surface area contributed by atoms with Crippen LogP contribution in [0.15, 0.2) is 27.1 Å². The molecule has 7 heteroatoms. The minimum Gasteiger partial charge on any atom is -0.483 e. The van der Waals surface area contributed by atoms with Gasteiger partial charge in [-0.2, -0.15) is 0 Å². The van der Waals surface area contributed by atoms with Crippen LogP contribution >= 0.6 is 31.9 Å². The summed E-state index contributed by atoms with van der Waals surface area (Å²) in [6, 6.07) is 5.38. The number of hydrogen-bond acceptors (Lipinski definition) is 4. The SMILES string of the molecule is COC(=O)CCNC(=O)COc1ccc(Br)cc1Br. The Morgan fingerprint density at radius 3 is 2.68 bits per heavy atom. The summed E-state index contributed by atoms with van der Waals surface area (Å²) in [6.07, 6.45) is 0.143. The Hall–Kier alpha value is -1.08. The molecule has 0 unspecified atom stereocenters. The van der Waals surface area contributed by atoms with Crippen LogP contribution in [0.5, 0.6) is 5.75 Å². The molecule has 0 aliphatic rings. The summed E-state index contributed by atoms with van der Waals surface area (Å²) in [6.45, 7) is 0.123. The van der Waals surface area contributed by atoms with Gasteiger partial charge in [0.1, 0.15) is 5.75 Å². The number of esters is 1. The molecule has 0 saturated heterocycles. The van der Waals surface area contributed by atoms with E-state index in [9.17, 15) is 9.59 Å². The molecule has 0 aliphatic heterocycles. The molecular weight excluding hydrogens is 382 g/mol. The maximum atomic E-state index is 11.5. The van der Waals surface area contributed by atoms with Gasteiger partial charge in [0.2, 0.25) is 0 Å². The smallest absolute Gasteiger partial charge is 0.307 e. The van der Waals surface area contributed by atoms with Crippen molar-refractivity contribution in [2.45, 2.75) is 6.42 Å². The molecule has 0 aromatic heterocycles. The average Bonchev–Trinajstić information content (AvgIpc) is 2.37. The summed E-state index contributed by atoms with van der Waals surface area (Å²) in [5.41, 5.74) is 0. The Labute approximate surface area is 127 Å². The summed E-state index contributed by atoms with van der Waals surface area (Å²) >= 11 is 6.65. The molecule has 1 N–H and O–H groups in total. The van der Waals surface area contributed by atoms with Crippen LogP contribution in [-0.2, 0) is 14.3 Å². The maximum absolute atomic E-state index is 11.5. The van der Waals surface area contributed by atoms with Gasteiger partial charge in [-0.1, -0.05) is 15.9 Å². The second-order valence-corrected chi connectivity index (χ2v) is 5.31. The quantitative estimate of drug-likeness (QED) is 0.751. The van der Waals surface area contributed by atoms with E-state index >= 15 is 0 Å². The fourth-order valence-corrected chi connectivity index (χ4v) is 2.35. The predicted molar refractivity (Wildman–Crippen MR) is 77.0 cm³/mol. The van der Waals surface area contributed by atoms with E-state index in [4.69, 9.17) is 4.74 Å². The van der Waals surface area contributed by atoms with E-state index in [1.54, 1.807) is 6.07 Å². The van der Waals surface area contributed by atoms with Crippen LogP contribution in [0.3, 0.4) is 0 Å². The molecule has 104 valence electrons. The van der Waals surface area contributed by atoms with Crippen molar-refractivity contribution in [2.75, 3.05) is 20.3 Å². The fraction of sp³-hybridized carbons (Fsp3) is 0.333. The largest absolute Gasteiger partial charge is 0.483 e. The zero-order valence-electron chi connectivity index (χ0n) is 10.2. The Bertz CT molecular complexity index is 465. The van der Waals surface area contributed by atoms with Crippen molar-refractivity contribution >= 4 is 43.7 Å². The number of halogens is 2. The lowest BCUT2D eigenvalue weighted by atomic mass is 10.3. The van der Waals surface area contributed by atoms with E-state index in [1.165, 1.54) is 7.11 Å². The molecule has 19 heavy (non-hydrogen) atoms. The third-order valence-electron chi connectivity index (χ3n) is 2.13. The summed E-state index contributed by atoms with van der Waals surface area (Å²) in [7, 11) is 1.30. The number of carbonyl (C=O) groups is 2. The van der Waals surface area contributed by atoms with Gasteiger partial charge < -0.3 is 14.8 Å².